The molecule has 0 spiro atoms. The number of hydrogen-bond acceptors (Lipinski definition) is 6. The van der Waals surface area contributed by atoms with Gasteiger partial charge in [0.15, 0.2) is 5.78 Å². The fraction of sp³-hybridized carbons (Fsp3) is 0.341. The van der Waals surface area contributed by atoms with E-state index in [0.29, 0.717) is 34.6 Å². The van der Waals surface area contributed by atoms with Crippen LogP contribution in [0.4, 0.5) is 14.5 Å². The lowest BCUT2D eigenvalue weighted by atomic mass is 9.99. The number of carbonyl (C=O) groups excluding carboxylic acids is 2. The van der Waals surface area contributed by atoms with Gasteiger partial charge in [0.25, 0.3) is 0 Å². The molecule has 0 aliphatic heterocycles. The third-order valence-electron chi connectivity index (χ3n) is 8.54. The van der Waals surface area contributed by atoms with E-state index in [1.165, 1.54) is 35.7 Å². The van der Waals surface area contributed by atoms with E-state index in [1.807, 2.05) is 77.2 Å². The van der Waals surface area contributed by atoms with Crippen LogP contribution in [0, 0.1) is 23.5 Å². The summed E-state index contributed by atoms with van der Waals surface area (Å²) < 4.78 is 37.4. The highest BCUT2D eigenvalue weighted by Crippen LogP contribution is 2.39. The molecule has 2 heterocycles. The lowest BCUT2D eigenvalue weighted by Crippen LogP contribution is -2.29. The second kappa shape index (κ2) is 15.8. The summed E-state index contributed by atoms with van der Waals surface area (Å²) >= 11 is 1.34. The topological polar surface area (TPSA) is 80.6 Å². The highest BCUT2D eigenvalue weighted by molar-refractivity contribution is 7.22. The molecule has 1 unspecified atom stereocenters. The van der Waals surface area contributed by atoms with E-state index in [0.717, 1.165) is 16.0 Å². The van der Waals surface area contributed by atoms with Crippen LogP contribution in [-0.2, 0) is 29.2 Å². The average Bonchev–Trinajstić information content (AvgIpc) is 3.45. The molecule has 268 valence electrons. The number of aromatic nitrogens is 1. The van der Waals surface area contributed by atoms with Gasteiger partial charge in [-0.25, -0.2) is 8.78 Å². The number of amides is 1. The van der Waals surface area contributed by atoms with Crippen molar-refractivity contribution >= 4 is 38.9 Å². The zero-order valence-corrected chi connectivity index (χ0v) is 31.0. The van der Waals surface area contributed by atoms with Crippen molar-refractivity contribution in [2.75, 3.05) is 19.0 Å². The van der Waals surface area contributed by atoms with Gasteiger partial charge < -0.3 is 14.6 Å². The molecular formula is C41H45F2N3O4S. The van der Waals surface area contributed by atoms with Gasteiger partial charge in [-0.05, 0) is 68.8 Å². The van der Waals surface area contributed by atoms with Crippen molar-refractivity contribution in [2.45, 2.75) is 66.8 Å². The number of benzene rings is 3. The summed E-state index contributed by atoms with van der Waals surface area (Å²) in [5.41, 5.74) is 2.25. The van der Waals surface area contributed by atoms with Crippen molar-refractivity contribution in [2.24, 2.45) is 11.8 Å². The van der Waals surface area contributed by atoms with Gasteiger partial charge in [0.05, 0.1) is 35.6 Å². The third-order valence-corrected chi connectivity index (χ3v) is 9.86. The van der Waals surface area contributed by atoms with Gasteiger partial charge in [0.1, 0.15) is 16.5 Å². The number of halogens is 2. The van der Waals surface area contributed by atoms with Crippen molar-refractivity contribution in [1.29, 1.82) is 0 Å². The van der Waals surface area contributed by atoms with Crippen molar-refractivity contribution in [3.8, 4) is 10.4 Å². The number of ketones is 1. The Labute approximate surface area is 301 Å². The monoisotopic (exact) mass is 713 g/mol. The van der Waals surface area contributed by atoms with E-state index < -0.39 is 23.0 Å². The van der Waals surface area contributed by atoms with Gasteiger partial charge in [-0.3, -0.25) is 19.3 Å². The Morgan fingerprint density at radius 1 is 0.902 bits per heavy atom. The molecule has 0 aliphatic rings. The molecule has 0 saturated heterocycles. The molecule has 1 N–H and O–H groups in total. The average molecular weight is 714 g/mol. The molecule has 10 heteroatoms. The maximum Gasteiger partial charge on any atom is 0.229 e. The number of fused-ring (bicyclic) bond motifs is 1. The van der Waals surface area contributed by atoms with Crippen LogP contribution in [0.15, 0.2) is 83.8 Å². The van der Waals surface area contributed by atoms with Gasteiger partial charge in [0, 0.05) is 41.3 Å². The number of carbonyl (C=O) groups is 2. The number of thiophene rings is 1. The molecule has 5 aromatic rings. The Bertz CT molecular complexity index is 2060. The first-order chi connectivity index (χ1) is 24.1. The first-order valence-electron chi connectivity index (χ1n) is 17.1. The Hall–Kier alpha value is -4.51. The van der Waals surface area contributed by atoms with E-state index in [-0.39, 0.29) is 47.5 Å². The number of nitrogens with zero attached hydrogens (tertiary/aromatic N) is 2. The summed E-state index contributed by atoms with van der Waals surface area (Å²) in [6.07, 6.45) is 1.44. The molecule has 0 saturated carbocycles. The van der Waals surface area contributed by atoms with Crippen LogP contribution in [0.2, 0.25) is 0 Å². The fourth-order valence-electron chi connectivity index (χ4n) is 5.78. The largest absolute Gasteiger partial charge is 0.375 e. The minimum Gasteiger partial charge on any atom is -0.375 e. The third kappa shape index (κ3) is 9.05. The smallest absolute Gasteiger partial charge is 0.229 e. The highest BCUT2D eigenvalue weighted by atomic mass is 32.1. The van der Waals surface area contributed by atoms with Crippen LogP contribution in [0.1, 0.15) is 68.6 Å². The Morgan fingerprint density at radius 3 is 2.16 bits per heavy atom. The normalized spacial score (nSPS) is 12.5. The maximum absolute atomic E-state index is 15.0. The van der Waals surface area contributed by atoms with Crippen LogP contribution < -0.4 is 10.7 Å². The first kappa shape index (κ1) is 37.7. The maximum atomic E-state index is 15.0. The summed E-state index contributed by atoms with van der Waals surface area (Å²) in [4.78, 5) is 44.1. The molecule has 51 heavy (non-hydrogen) atoms. The quantitative estimate of drug-likeness (QED) is 0.123. The van der Waals surface area contributed by atoms with Crippen molar-refractivity contribution < 1.29 is 23.1 Å². The standard InChI is InChI=1S/C41H45F2N3O4S/c1-25(2)36(47)32-23-46(22-30-33(42)14-11-15-34(30)43)40-35(37(32)48)31(21-45(7)20-27-12-9-8-10-13-27)38(51-40)28-16-18-29(19-17-28)44-39(49)26(3)24-50-41(4,5)6/h8-19,23,25-26H,20-22,24H2,1-7H3,(H,44,49). The van der Waals surface area contributed by atoms with E-state index in [2.05, 4.69) is 10.2 Å². The highest BCUT2D eigenvalue weighted by Gasteiger charge is 2.26. The van der Waals surface area contributed by atoms with Gasteiger partial charge in [-0.15, -0.1) is 11.3 Å². The number of anilines is 1. The molecule has 0 radical (unpaired) electrons. The molecule has 5 rings (SSSR count). The number of ether oxygens (including phenoxy) is 1. The van der Waals surface area contributed by atoms with Crippen LogP contribution in [0.3, 0.4) is 0 Å². The van der Waals surface area contributed by atoms with E-state index in [1.54, 1.807) is 30.5 Å². The van der Waals surface area contributed by atoms with Gasteiger partial charge >= 0.3 is 0 Å². The summed E-state index contributed by atoms with van der Waals surface area (Å²) in [6, 6.07) is 21.0. The van der Waals surface area contributed by atoms with Crippen LogP contribution in [-0.4, -0.2) is 40.4 Å². The van der Waals surface area contributed by atoms with Crippen LogP contribution in [0.25, 0.3) is 20.7 Å². The van der Waals surface area contributed by atoms with E-state index in [9.17, 15) is 23.2 Å². The first-order valence-corrected chi connectivity index (χ1v) is 17.9. The Kier molecular flexibility index (Phi) is 11.7. The van der Waals surface area contributed by atoms with Crippen LogP contribution in [0.5, 0.6) is 0 Å². The number of pyridine rings is 1. The second-order valence-corrected chi connectivity index (χ2v) is 15.4. The number of hydrogen-bond donors (Lipinski definition) is 1. The minimum absolute atomic E-state index is 0.0202. The van der Waals surface area contributed by atoms with Crippen molar-refractivity contribution in [3.63, 3.8) is 0 Å². The molecule has 3 aromatic carbocycles. The molecule has 0 bridgehead atoms. The molecule has 0 aliphatic carbocycles. The predicted octanol–water partition coefficient (Wildman–Crippen LogP) is 8.92. The number of Topliss-reactive ketones (excluding diaryl/α,β-unsaturated/α-hetero) is 1. The second-order valence-electron chi connectivity index (χ2n) is 14.4. The SMILES string of the molecule is CC(C)C(=O)c1cn(Cc2c(F)cccc2F)c2sc(-c3ccc(NC(=O)C(C)COC(C)(C)C)cc3)c(CN(C)Cc3ccccc3)c2c1=O. The molecule has 2 aromatic heterocycles. The molecule has 1 atom stereocenters. The van der Waals surface area contributed by atoms with Gasteiger partial charge in [-0.1, -0.05) is 69.3 Å². The van der Waals surface area contributed by atoms with Gasteiger partial charge in [0.2, 0.25) is 11.3 Å². The molecule has 0 fully saturated rings. The fourth-order valence-corrected chi connectivity index (χ4v) is 7.07. The van der Waals surface area contributed by atoms with Gasteiger partial charge in [-0.2, -0.15) is 0 Å². The van der Waals surface area contributed by atoms with Crippen LogP contribution >= 0.6 is 11.3 Å². The van der Waals surface area contributed by atoms with Crippen molar-refractivity contribution in [1.82, 2.24) is 9.47 Å². The summed E-state index contributed by atoms with van der Waals surface area (Å²) in [5, 5.41) is 3.31. The lowest BCUT2D eigenvalue weighted by Gasteiger charge is -2.22. The summed E-state index contributed by atoms with van der Waals surface area (Å²) in [5.74, 6) is -2.78. The van der Waals surface area contributed by atoms with Crippen molar-refractivity contribution in [3.05, 3.63) is 123 Å². The Balaban J connectivity index is 1.62. The lowest BCUT2D eigenvalue weighted by molar-refractivity contribution is -0.123. The summed E-state index contributed by atoms with van der Waals surface area (Å²) in [7, 11) is 1.96. The number of nitrogens with one attached hydrogen (secondary N) is 1. The molecule has 7 nitrogen and oxygen atoms in total. The number of rotatable bonds is 13. The zero-order chi connectivity index (χ0) is 37.0. The molecule has 1 amide bonds. The predicted molar refractivity (Wildman–Crippen MR) is 201 cm³/mol. The summed E-state index contributed by atoms with van der Waals surface area (Å²) in [6.45, 7) is 12.1. The van der Waals surface area contributed by atoms with E-state index >= 15 is 0 Å². The Morgan fingerprint density at radius 2 is 1.55 bits per heavy atom. The zero-order valence-electron chi connectivity index (χ0n) is 30.2. The molecular weight excluding hydrogens is 669 g/mol. The van der Waals surface area contributed by atoms with E-state index in [4.69, 9.17) is 4.74 Å². The minimum atomic E-state index is -0.713.